The van der Waals surface area contributed by atoms with Gasteiger partial charge in [-0.1, -0.05) is 13.8 Å². The van der Waals surface area contributed by atoms with Crippen molar-refractivity contribution in [1.82, 2.24) is 4.90 Å². The van der Waals surface area contributed by atoms with Gasteiger partial charge in [-0.15, -0.1) is 0 Å². The number of nitrogens with zero attached hydrogens (tertiary/aromatic N) is 1. The second kappa shape index (κ2) is 7.44. The molecule has 0 spiro atoms. The summed E-state index contributed by atoms with van der Waals surface area (Å²) in [6.07, 6.45) is 3.23. The van der Waals surface area contributed by atoms with E-state index in [9.17, 15) is 4.79 Å². The van der Waals surface area contributed by atoms with E-state index in [0.717, 1.165) is 24.5 Å². The highest BCUT2D eigenvalue weighted by Crippen LogP contribution is 2.15. The van der Waals surface area contributed by atoms with Crippen molar-refractivity contribution in [2.24, 2.45) is 5.92 Å². The maximum atomic E-state index is 11.9. The number of likely N-dealkylation sites (tertiary alicyclic amines) is 1. The molecule has 1 aromatic rings. The maximum Gasteiger partial charge on any atom is 0.163 e. The summed E-state index contributed by atoms with van der Waals surface area (Å²) in [4.78, 5) is 14.3. The average Bonchev–Trinajstić information content (AvgIpc) is 2.92. The summed E-state index contributed by atoms with van der Waals surface area (Å²) in [5.74, 6) is 1.47. The first-order chi connectivity index (χ1) is 9.65. The van der Waals surface area contributed by atoms with E-state index < -0.39 is 0 Å². The molecule has 0 atom stereocenters. The maximum absolute atomic E-state index is 11.9. The number of ketones is 1. The molecule has 0 aromatic heterocycles. The molecule has 1 fully saturated rings. The van der Waals surface area contributed by atoms with Crippen LogP contribution in [0.3, 0.4) is 0 Å². The fraction of sp³-hybridized carbons (Fsp3) is 0.588. The van der Waals surface area contributed by atoms with E-state index in [-0.39, 0.29) is 5.78 Å². The molecule has 2 rings (SSSR count). The zero-order valence-corrected chi connectivity index (χ0v) is 12.6. The molecule has 0 radical (unpaired) electrons. The Balaban J connectivity index is 1.77. The highest BCUT2D eigenvalue weighted by atomic mass is 16.5. The topological polar surface area (TPSA) is 29.5 Å². The molecule has 3 nitrogen and oxygen atoms in total. The lowest BCUT2D eigenvalue weighted by molar-refractivity contribution is 0.0968. The summed E-state index contributed by atoms with van der Waals surface area (Å²) >= 11 is 0. The number of carbonyl (C=O) groups is 1. The van der Waals surface area contributed by atoms with E-state index in [1.54, 1.807) is 0 Å². The lowest BCUT2D eigenvalue weighted by Gasteiger charge is -2.15. The van der Waals surface area contributed by atoms with Crippen LogP contribution in [0.4, 0.5) is 0 Å². The van der Waals surface area contributed by atoms with E-state index in [4.69, 9.17) is 4.74 Å². The fourth-order valence-electron chi connectivity index (χ4n) is 2.52. The highest BCUT2D eigenvalue weighted by Gasteiger charge is 2.11. The van der Waals surface area contributed by atoms with Gasteiger partial charge in [0.2, 0.25) is 0 Å². The SMILES string of the molecule is CC(C)CC(=O)c1ccc(OCCN2CCCC2)cc1. The molecule has 1 aromatic carbocycles. The van der Waals surface area contributed by atoms with Crippen molar-refractivity contribution < 1.29 is 9.53 Å². The predicted octanol–water partition coefficient (Wildman–Crippen LogP) is 3.39. The molecule has 0 bridgehead atoms. The minimum Gasteiger partial charge on any atom is -0.492 e. The highest BCUT2D eigenvalue weighted by molar-refractivity contribution is 5.96. The van der Waals surface area contributed by atoms with Gasteiger partial charge in [0.25, 0.3) is 0 Å². The fourth-order valence-corrected chi connectivity index (χ4v) is 2.52. The van der Waals surface area contributed by atoms with Gasteiger partial charge in [0.15, 0.2) is 5.78 Å². The van der Waals surface area contributed by atoms with Crippen molar-refractivity contribution in [1.29, 1.82) is 0 Å². The molecular formula is C17H25NO2. The summed E-state index contributed by atoms with van der Waals surface area (Å²) in [5, 5.41) is 0. The molecule has 20 heavy (non-hydrogen) atoms. The smallest absolute Gasteiger partial charge is 0.163 e. The summed E-state index contributed by atoms with van der Waals surface area (Å²) in [6, 6.07) is 7.54. The van der Waals surface area contributed by atoms with Crippen molar-refractivity contribution in [3.8, 4) is 5.75 Å². The van der Waals surface area contributed by atoms with Gasteiger partial charge in [0.05, 0.1) is 0 Å². The average molecular weight is 275 g/mol. The van der Waals surface area contributed by atoms with Gasteiger partial charge >= 0.3 is 0 Å². The second-order valence-corrected chi connectivity index (χ2v) is 5.94. The Morgan fingerprint density at radius 3 is 2.45 bits per heavy atom. The molecule has 0 amide bonds. The molecule has 0 N–H and O–H groups in total. The van der Waals surface area contributed by atoms with Gasteiger partial charge in [-0.25, -0.2) is 0 Å². The number of rotatable bonds is 7. The van der Waals surface area contributed by atoms with Crippen LogP contribution in [-0.2, 0) is 0 Å². The number of hydrogen-bond acceptors (Lipinski definition) is 3. The molecule has 1 aliphatic heterocycles. The van der Waals surface area contributed by atoms with Gasteiger partial charge in [0.1, 0.15) is 12.4 Å². The van der Waals surface area contributed by atoms with Crippen molar-refractivity contribution in [3.63, 3.8) is 0 Å². The van der Waals surface area contributed by atoms with Crippen LogP contribution in [0.5, 0.6) is 5.75 Å². The Bertz CT molecular complexity index is 419. The van der Waals surface area contributed by atoms with Gasteiger partial charge < -0.3 is 4.74 Å². The van der Waals surface area contributed by atoms with Crippen LogP contribution < -0.4 is 4.74 Å². The first kappa shape index (κ1) is 15.0. The van der Waals surface area contributed by atoms with E-state index in [1.165, 1.54) is 25.9 Å². The lowest BCUT2D eigenvalue weighted by atomic mass is 10.0. The molecule has 110 valence electrons. The second-order valence-electron chi connectivity index (χ2n) is 5.94. The molecule has 1 heterocycles. The molecule has 1 aliphatic rings. The summed E-state index contributed by atoms with van der Waals surface area (Å²) in [6.45, 7) is 8.24. The first-order valence-electron chi connectivity index (χ1n) is 7.63. The van der Waals surface area contributed by atoms with Crippen molar-refractivity contribution >= 4 is 5.78 Å². The third-order valence-corrected chi connectivity index (χ3v) is 3.64. The van der Waals surface area contributed by atoms with Crippen LogP contribution in [0.1, 0.15) is 43.5 Å². The minimum atomic E-state index is 0.212. The van der Waals surface area contributed by atoms with E-state index >= 15 is 0 Å². The third-order valence-electron chi connectivity index (χ3n) is 3.64. The van der Waals surface area contributed by atoms with Crippen LogP contribution in [0, 0.1) is 5.92 Å². The number of Topliss-reactive ketones (excluding diaryl/α,β-unsaturated/α-hetero) is 1. The Morgan fingerprint density at radius 1 is 1.20 bits per heavy atom. The quantitative estimate of drug-likeness (QED) is 0.714. The standard InChI is InChI=1S/C17H25NO2/c1-14(2)13-17(19)15-5-7-16(8-6-15)20-12-11-18-9-3-4-10-18/h5-8,14H,3-4,9-13H2,1-2H3. The first-order valence-corrected chi connectivity index (χ1v) is 7.63. The van der Waals surface area contributed by atoms with Crippen LogP contribution in [0.2, 0.25) is 0 Å². The van der Waals surface area contributed by atoms with Crippen molar-refractivity contribution in [2.75, 3.05) is 26.2 Å². The monoisotopic (exact) mass is 275 g/mol. The number of benzene rings is 1. The van der Waals surface area contributed by atoms with E-state index in [2.05, 4.69) is 18.7 Å². The largest absolute Gasteiger partial charge is 0.492 e. The van der Waals surface area contributed by atoms with Gasteiger partial charge in [-0.2, -0.15) is 0 Å². The normalized spacial score (nSPS) is 15.8. The Hall–Kier alpha value is -1.35. The summed E-state index contributed by atoms with van der Waals surface area (Å²) in [5.41, 5.74) is 0.783. The number of hydrogen-bond donors (Lipinski definition) is 0. The van der Waals surface area contributed by atoms with Crippen LogP contribution in [-0.4, -0.2) is 36.9 Å². The van der Waals surface area contributed by atoms with Gasteiger partial charge in [-0.05, 0) is 56.1 Å². The van der Waals surface area contributed by atoms with Crippen LogP contribution in [0.25, 0.3) is 0 Å². The zero-order valence-electron chi connectivity index (χ0n) is 12.6. The Morgan fingerprint density at radius 2 is 1.85 bits per heavy atom. The van der Waals surface area contributed by atoms with E-state index in [0.29, 0.717) is 12.3 Å². The van der Waals surface area contributed by atoms with Crippen molar-refractivity contribution in [2.45, 2.75) is 33.1 Å². The molecule has 1 saturated heterocycles. The van der Waals surface area contributed by atoms with Crippen LogP contribution in [0.15, 0.2) is 24.3 Å². The summed E-state index contributed by atoms with van der Waals surface area (Å²) < 4.78 is 5.73. The molecule has 0 saturated carbocycles. The molecular weight excluding hydrogens is 250 g/mol. The Labute approximate surface area is 121 Å². The predicted molar refractivity (Wildman–Crippen MR) is 81.4 cm³/mol. The number of ether oxygens (including phenoxy) is 1. The molecule has 3 heteroatoms. The third kappa shape index (κ3) is 4.64. The zero-order chi connectivity index (χ0) is 14.4. The summed E-state index contributed by atoms with van der Waals surface area (Å²) in [7, 11) is 0. The van der Waals surface area contributed by atoms with Gasteiger partial charge in [0, 0.05) is 18.5 Å². The van der Waals surface area contributed by atoms with Crippen LogP contribution >= 0.6 is 0 Å². The number of carbonyl (C=O) groups excluding carboxylic acids is 1. The minimum absolute atomic E-state index is 0.212. The van der Waals surface area contributed by atoms with E-state index in [1.807, 2.05) is 24.3 Å². The lowest BCUT2D eigenvalue weighted by Crippen LogP contribution is -2.25. The Kier molecular flexibility index (Phi) is 5.60. The molecule has 0 unspecified atom stereocenters. The van der Waals surface area contributed by atoms with Gasteiger partial charge in [-0.3, -0.25) is 9.69 Å². The molecule has 0 aliphatic carbocycles. The van der Waals surface area contributed by atoms with Crippen molar-refractivity contribution in [3.05, 3.63) is 29.8 Å².